The molecule has 1 atom stereocenters. The van der Waals surface area contributed by atoms with Crippen LogP contribution >= 0.6 is 0 Å². The largest absolute Gasteiger partial charge is 0.860 e. The number of nitro benzene ring substituents is 1. The number of hydrogen-bond acceptors (Lipinski definition) is 5. The molecule has 0 saturated heterocycles. The summed E-state index contributed by atoms with van der Waals surface area (Å²) >= 11 is 0. The summed E-state index contributed by atoms with van der Waals surface area (Å²) in [6, 6.07) is 11.8. The number of para-hydroxylation sites is 1. The highest BCUT2D eigenvalue weighted by atomic mass is 16.6. The number of nitrogens with one attached hydrogen (secondary N) is 1. The molecule has 0 spiro atoms. The first-order chi connectivity index (χ1) is 15.3. The molecule has 0 aliphatic heterocycles. The Kier molecular flexibility index (Phi) is 4.24. The van der Waals surface area contributed by atoms with Gasteiger partial charge >= 0.3 is 0 Å². The van der Waals surface area contributed by atoms with Crippen molar-refractivity contribution < 1.29 is 20.2 Å². The molecule has 0 aliphatic carbocycles. The number of hydrogen-bond donors (Lipinski definition) is 3. The molecule has 9 nitrogen and oxygen atoms in total. The number of aliphatic hydroxyl groups is 1. The predicted octanol–water partition coefficient (Wildman–Crippen LogP) is 3.99. The van der Waals surface area contributed by atoms with Crippen LogP contribution in [0.1, 0.15) is 13.2 Å². The van der Waals surface area contributed by atoms with Crippen molar-refractivity contribution in [3.63, 3.8) is 0 Å². The molecular formula is C23H19N4O5-. The molecule has 3 N–H and O–H groups in total. The molecule has 32 heavy (non-hydrogen) atoms. The molecular weight excluding hydrogens is 412 g/mol. The Morgan fingerprint density at radius 2 is 1.72 bits per heavy atom. The first kappa shape index (κ1) is 19.7. The number of rotatable bonds is 4. The molecule has 162 valence electrons. The highest BCUT2D eigenvalue weighted by Gasteiger charge is 2.24. The molecule has 9 heteroatoms. The van der Waals surface area contributed by atoms with Gasteiger partial charge in [-0.3, -0.25) is 10.1 Å². The zero-order valence-electron chi connectivity index (χ0n) is 17.2. The number of H-pyrrole nitrogens is 1. The van der Waals surface area contributed by atoms with Crippen LogP contribution in [0.3, 0.4) is 0 Å². The van der Waals surface area contributed by atoms with Crippen LogP contribution in [0.25, 0.3) is 44.1 Å². The van der Waals surface area contributed by atoms with Gasteiger partial charge in [0.05, 0.1) is 21.5 Å². The van der Waals surface area contributed by atoms with Gasteiger partial charge in [-0.1, -0.05) is 18.2 Å². The number of nitro groups is 1. The van der Waals surface area contributed by atoms with E-state index in [9.17, 15) is 25.4 Å². The molecule has 5 aromatic rings. The van der Waals surface area contributed by atoms with E-state index in [1.807, 2.05) is 24.3 Å². The van der Waals surface area contributed by atoms with Gasteiger partial charge in [-0.15, -0.1) is 0 Å². The van der Waals surface area contributed by atoms with Crippen LogP contribution in [0.4, 0.5) is 5.69 Å². The maximum absolute atomic E-state index is 13.0. The number of aromatic amines is 1. The SMILES string of the molecule is CC(O)n1cc(-c2c([O-])[nH]c(O)c2-c2cn(C)c3cc([N+](=O)[O-])ccc23)c2ccccc21. The second-order valence-electron chi connectivity index (χ2n) is 7.76. The average Bonchev–Trinajstić information content (AvgIpc) is 3.38. The van der Waals surface area contributed by atoms with Crippen molar-refractivity contribution in [3.05, 3.63) is 65.0 Å². The summed E-state index contributed by atoms with van der Waals surface area (Å²) < 4.78 is 3.38. The summed E-state index contributed by atoms with van der Waals surface area (Å²) in [5, 5.41) is 46.5. The van der Waals surface area contributed by atoms with E-state index < -0.39 is 17.0 Å². The lowest BCUT2D eigenvalue weighted by atomic mass is 9.97. The molecule has 0 aliphatic rings. The minimum atomic E-state index is -0.821. The van der Waals surface area contributed by atoms with Gasteiger partial charge in [-0.05, 0) is 24.9 Å². The summed E-state index contributed by atoms with van der Waals surface area (Å²) in [7, 11) is 1.75. The fourth-order valence-corrected chi connectivity index (χ4v) is 4.38. The fraction of sp³-hybridized carbons (Fsp3) is 0.130. The number of aliphatic hydroxyl groups excluding tert-OH is 1. The number of aromatic hydroxyl groups is 1. The lowest BCUT2D eigenvalue weighted by Gasteiger charge is -2.09. The van der Waals surface area contributed by atoms with Gasteiger partial charge in [0.15, 0.2) is 5.88 Å². The normalized spacial score (nSPS) is 12.6. The number of aromatic nitrogens is 3. The number of non-ortho nitro benzene ring substituents is 1. The third kappa shape index (κ3) is 2.75. The minimum Gasteiger partial charge on any atom is -0.860 e. The average molecular weight is 431 g/mol. The molecule has 1 unspecified atom stereocenters. The van der Waals surface area contributed by atoms with Gasteiger partial charge in [0.25, 0.3) is 5.69 Å². The predicted molar refractivity (Wildman–Crippen MR) is 118 cm³/mol. The molecule has 0 bridgehead atoms. The van der Waals surface area contributed by atoms with Crippen LogP contribution in [0.2, 0.25) is 0 Å². The Morgan fingerprint density at radius 1 is 1.03 bits per heavy atom. The van der Waals surface area contributed by atoms with Gasteiger partial charge in [-0.2, -0.15) is 0 Å². The molecule has 0 radical (unpaired) electrons. The van der Waals surface area contributed by atoms with E-state index in [1.54, 1.807) is 41.6 Å². The van der Waals surface area contributed by atoms with Crippen molar-refractivity contribution >= 4 is 27.5 Å². The number of fused-ring (bicyclic) bond motifs is 2. The van der Waals surface area contributed by atoms with Crippen LogP contribution in [-0.2, 0) is 7.05 Å². The lowest BCUT2D eigenvalue weighted by molar-refractivity contribution is -0.384. The van der Waals surface area contributed by atoms with Crippen LogP contribution < -0.4 is 5.11 Å². The molecule has 3 heterocycles. The molecule has 0 fully saturated rings. The summed E-state index contributed by atoms with van der Waals surface area (Å²) in [4.78, 5) is 13.2. The Hall–Kier alpha value is -4.24. The van der Waals surface area contributed by atoms with E-state index in [-0.39, 0.29) is 17.1 Å². The Labute approximate surface area is 181 Å². The van der Waals surface area contributed by atoms with Gasteiger partial charge in [0.1, 0.15) is 6.23 Å². The molecule has 5 rings (SSSR count). The topological polar surface area (TPSA) is 132 Å². The highest BCUT2D eigenvalue weighted by molar-refractivity contribution is 6.08. The minimum absolute atomic E-state index is 0.0479. The zero-order valence-corrected chi connectivity index (χ0v) is 17.2. The van der Waals surface area contributed by atoms with Gasteiger partial charge < -0.3 is 29.4 Å². The van der Waals surface area contributed by atoms with E-state index in [0.717, 1.165) is 10.9 Å². The van der Waals surface area contributed by atoms with E-state index in [2.05, 4.69) is 4.98 Å². The highest BCUT2D eigenvalue weighted by Crippen LogP contribution is 2.48. The number of benzene rings is 2. The summed E-state index contributed by atoms with van der Waals surface area (Å²) in [5.74, 6) is -0.755. The third-order valence-corrected chi connectivity index (χ3v) is 5.81. The third-order valence-electron chi connectivity index (χ3n) is 5.81. The van der Waals surface area contributed by atoms with Crippen molar-refractivity contribution in [1.29, 1.82) is 0 Å². The Morgan fingerprint density at radius 3 is 2.44 bits per heavy atom. The Balaban J connectivity index is 1.83. The van der Waals surface area contributed by atoms with Crippen LogP contribution in [0.15, 0.2) is 54.9 Å². The van der Waals surface area contributed by atoms with Gasteiger partial charge in [0, 0.05) is 59.0 Å². The summed E-state index contributed by atoms with van der Waals surface area (Å²) in [6.45, 7) is 1.63. The first-order valence-corrected chi connectivity index (χ1v) is 9.91. The van der Waals surface area contributed by atoms with Crippen molar-refractivity contribution in [1.82, 2.24) is 14.1 Å². The summed E-state index contributed by atoms with van der Waals surface area (Å²) in [6.07, 6.45) is 2.60. The van der Waals surface area contributed by atoms with Crippen LogP contribution in [-0.4, -0.2) is 29.3 Å². The van der Waals surface area contributed by atoms with Crippen LogP contribution in [0, 0.1) is 10.1 Å². The fourth-order valence-electron chi connectivity index (χ4n) is 4.38. The summed E-state index contributed by atoms with van der Waals surface area (Å²) in [5.41, 5.74) is 3.01. The van der Waals surface area contributed by atoms with Crippen molar-refractivity contribution in [2.24, 2.45) is 7.05 Å². The van der Waals surface area contributed by atoms with Gasteiger partial charge in [-0.25, -0.2) is 0 Å². The van der Waals surface area contributed by atoms with Gasteiger partial charge in [0.2, 0.25) is 0 Å². The van der Waals surface area contributed by atoms with E-state index in [4.69, 9.17) is 0 Å². The monoisotopic (exact) mass is 431 g/mol. The molecule has 0 amide bonds. The zero-order chi connectivity index (χ0) is 22.7. The second kappa shape index (κ2) is 6.89. The maximum atomic E-state index is 13.0. The maximum Gasteiger partial charge on any atom is 0.271 e. The Bertz CT molecular complexity index is 1520. The number of aryl methyl sites for hydroxylation is 1. The molecule has 2 aromatic carbocycles. The van der Waals surface area contributed by atoms with Crippen molar-refractivity contribution in [2.45, 2.75) is 13.2 Å². The molecule has 0 saturated carbocycles. The smallest absolute Gasteiger partial charge is 0.271 e. The van der Waals surface area contributed by atoms with Crippen molar-refractivity contribution in [2.75, 3.05) is 0 Å². The standard InChI is InChI=1S/C23H20N4O5/c1-12(28)26-11-17(14-5-3-4-6-18(14)26)21-20(22(29)24-23(21)30)16-10-25(2)19-9-13(27(31)32)7-8-15(16)19/h3-12,24,28-30H,1-2H3/p-1. The first-order valence-electron chi connectivity index (χ1n) is 9.91. The van der Waals surface area contributed by atoms with E-state index in [1.165, 1.54) is 12.1 Å². The lowest BCUT2D eigenvalue weighted by Crippen LogP contribution is -2.01. The van der Waals surface area contributed by atoms with E-state index in [0.29, 0.717) is 27.6 Å². The van der Waals surface area contributed by atoms with E-state index >= 15 is 0 Å². The molecule has 3 aromatic heterocycles. The number of nitrogens with zero attached hydrogens (tertiary/aromatic N) is 3. The quantitative estimate of drug-likeness (QED) is 0.292. The van der Waals surface area contributed by atoms with Crippen LogP contribution in [0.5, 0.6) is 11.8 Å². The second-order valence-corrected chi connectivity index (χ2v) is 7.76. The van der Waals surface area contributed by atoms with Crippen molar-refractivity contribution in [3.8, 4) is 34.0 Å².